The van der Waals surface area contributed by atoms with Crippen molar-refractivity contribution >= 4 is 28.3 Å². The quantitative estimate of drug-likeness (QED) is 0.901. The maximum Gasteiger partial charge on any atom is 0.137 e. The molecule has 1 aromatic rings. The van der Waals surface area contributed by atoms with Crippen molar-refractivity contribution < 1.29 is 9.50 Å². The highest BCUT2D eigenvalue weighted by atomic mass is 79.9. The van der Waals surface area contributed by atoms with Gasteiger partial charge >= 0.3 is 0 Å². The van der Waals surface area contributed by atoms with Crippen molar-refractivity contribution in [3.8, 4) is 0 Å². The number of halogens is 3. The summed E-state index contributed by atoms with van der Waals surface area (Å²) < 4.78 is 13.6. The molecule has 0 fully saturated rings. The Morgan fingerprint density at radius 3 is 2.38 bits per heavy atom. The maximum atomic E-state index is 13.2. The average molecular weight is 313 g/mol. The normalized spacial score (nSPS) is 14.4. The molecule has 0 saturated carbocycles. The van der Waals surface area contributed by atoms with Gasteiger partial charge in [-0.3, -0.25) is 0 Å². The van der Waals surface area contributed by atoms with Crippen molar-refractivity contribution in [1.29, 1.82) is 0 Å². The van der Waals surface area contributed by atoms with Gasteiger partial charge in [0, 0.05) is 0 Å². The molecule has 1 aromatic carbocycles. The smallest absolute Gasteiger partial charge is 0.137 e. The molecule has 3 N–H and O–H groups in total. The monoisotopic (exact) mass is 311 g/mol. The van der Waals surface area contributed by atoms with E-state index in [-0.39, 0.29) is 24.1 Å². The fourth-order valence-electron chi connectivity index (χ4n) is 1.33. The van der Waals surface area contributed by atoms with Gasteiger partial charge in [0.15, 0.2) is 0 Å². The van der Waals surface area contributed by atoms with E-state index >= 15 is 0 Å². The van der Waals surface area contributed by atoms with Gasteiger partial charge in [-0.25, -0.2) is 4.39 Å². The lowest BCUT2D eigenvalue weighted by molar-refractivity contribution is 0.0978. The zero-order valence-electron chi connectivity index (χ0n) is 9.15. The molecule has 0 aromatic heterocycles. The molecule has 0 saturated heterocycles. The summed E-state index contributed by atoms with van der Waals surface area (Å²) in [7, 11) is 0. The van der Waals surface area contributed by atoms with Crippen molar-refractivity contribution in [3.05, 3.63) is 34.1 Å². The molecular weight excluding hydrogens is 296 g/mol. The van der Waals surface area contributed by atoms with Crippen molar-refractivity contribution in [2.75, 3.05) is 0 Å². The maximum absolute atomic E-state index is 13.2. The molecule has 0 aliphatic carbocycles. The van der Waals surface area contributed by atoms with Gasteiger partial charge in [-0.2, -0.15) is 0 Å². The van der Waals surface area contributed by atoms with Crippen molar-refractivity contribution in [2.45, 2.75) is 26.0 Å². The average Bonchev–Trinajstić information content (AvgIpc) is 2.19. The fourth-order valence-corrected chi connectivity index (χ4v) is 1.58. The second kappa shape index (κ2) is 6.55. The zero-order chi connectivity index (χ0) is 11.6. The molecule has 0 bridgehead atoms. The predicted octanol–water partition coefficient (Wildman–Crippen LogP) is 3.03. The summed E-state index contributed by atoms with van der Waals surface area (Å²) in [6.07, 6.45) is -0.662. The zero-order valence-corrected chi connectivity index (χ0v) is 11.6. The summed E-state index contributed by atoms with van der Waals surface area (Å²) in [5, 5.41) is 9.75. The van der Waals surface area contributed by atoms with Crippen LogP contribution in [0, 0.1) is 11.7 Å². The number of aliphatic hydroxyl groups excluding tert-OH is 1. The van der Waals surface area contributed by atoms with Crippen LogP contribution in [0.1, 0.15) is 25.5 Å². The largest absolute Gasteiger partial charge is 0.391 e. The topological polar surface area (TPSA) is 46.2 Å². The van der Waals surface area contributed by atoms with Crippen LogP contribution in [0.3, 0.4) is 0 Å². The van der Waals surface area contributed by atoms with Crippen LogP contribution in [-0.2, 0) is 0 Å². The minimum Gasteiger partial charge on any atom is -0.391 e. The number of rotatable bonds is 3. The van der Waals surface area contributed by atoms with Crippen LogP contribution in [0.5, 0.6) is 0 Å². The van der Waals surface area contributed by atoms with Gasteiger partial charge in [0.05, 0.1) is 16.6 Å². The van der Waals surface area contributed by atoms with E-state index in [0.29, 0.717) is 10.0 Å². The third-order valence-electron chi connectivity index (χ3n) is 2.38. The highest BCUT2D eigenvalue weighted by Crippen LogP contribution is 2.23. The van der Waals surface area contributed by atoms with Crippen LogP contribution in [-0.4, -0.2) is 11.2 Å². The Bertz CT molecular complexity index is 349. The Morgan fingerprint density at radius 1 is 1.38 bits per heavy atom. The van der Waals surface area contributed by atoms with Gasteiger partial charge in [0.1, 0.15) is 5.82 Å². The lowest BCUT2D eigenvalue weighted by Crippen LogP contribution is -2.30. The van der Waals surface area contributed by atoms with Crippen LogP contribution in [0.25, 0.3) is 0 Å². The van der Waals surface area contributed by atoms with Crippen LogP contribution in [0.2, 0.25) is 0 Å². The summed E-state index contributed by atoms with van der Waals surface area (Å²) in [5.41, 5.74) is 6.43. The first-order valence-electron chi connectivity index (χ1n) is 4.82. The number of nitrogens with two attached hydrogens (primary N) is 1. The second-order valence-electron chi connectivity index (χ2n) is 3.93. The minimum absolute atomic E-state index is 0. The molecule has 0 aliphatic heterocycles. The summed E-state index contributed by atoms with van der Waals surface area (Å²) >= 11 is 3.07. The molecule has 0 radical (unpaired) electrons. The van der Waals surface area contributed by atoms with Gasteiger partial charge in [-0.15, -0.1) is 12.4 Å². The Labute approximate surface area is 110 Å². The fraction of sp³-hybridized carbons (Fsp3) is 0.455. The lowest BCUT2D eigenvalue weighted by Gasteiger charge is -2.22. The van der Waals surface area contributed by atoms with E-state index in [1.54, 1.807) is 12.1 Å². The summed E-state index contributed by atoms with van der Waals surface area (Å²) in [6, 6.07) is 4.11. The first-order chi connectivity index (χ1) is 6.93. The van der Waals surface area contributed by atoms with E-state index in [1.807, 2.05) is 13.8 Å². The second-order valence-corrected chi connectivity index (χ2v) is 4.79. The summed E-state index contributed by atoms with van der Waals surface area (Å²) in [4.78, 5) is 0. The van der Waals surface area contributed by atoms with Crippen molar-refractivity contribution in [3.63, 3.8) is 0 Å². The molecule has 2 atom stereocenters. The molecule has 16 heavy (non-hydrogen) atoms. The molecule has 0 heterocycles. The van der Waals surface area contributed by atoms with E-state index in [4.69, 9.17) is 5.73 Å². The van der Waals surface area contributed by atoms with Crippen LogP contribution in [0.15, 0.2) is 22.7 Å². The number of aliphatic hydroxyl groups is 1. The molecule has 0 aliphatic rings. The predicted molar refractivity (Wildman–Crippen MR) is 69.1 cm³/mol. The van der Waals surface area contributed by atoms with E-state index < -0.39 is 12.1 Å². The molecule has 92 valence electrons. The minimum atomic E-state index is -0.662. The molecule has 0 spiro atoms. The van der Waals surface area contributed by atoms with Gasteiger partial charge in [0.25, 0.3) is 0 Å². The highest BCUT2D eigenvalue weighted by molar-refractivity contribution is 9.10. The Kier molecular flexibility index (Phi) is 6.48. The first kappa shape index (κ1) is 15.8. The standard InChI is InChI=1S/C11H15BrFNO.ClH/c1-6(2)11(15)10(14)7-3-4-8(12)9(13)5-7;/h3-6,10-11,15H,14H2,1-2H3;1H/t10-,11+;/m0./s1. The van der Waals surface area contributed by atoms with Gasteiger partial charge in [-0.05, 0) is 39.5 Å². The highest BCUT2D eigenvalue weighted by Gasteiger charge is 2.20. The third kappa shape index (κ3) is 3.70. The van der Waals surface area contributed by atoms with Gasteiger partial charge in [-0.1, -0.05) is 19.9 Å². The van der Waals surface area contributed by atoms with E-state index in [1.165, 1.54) is 6.07 Å². The Hall–Kier alpha value is -0.160. The van der Waals surface area contributed by atoms with Gasteiger partial charge < -0.3 is 10.8 Å². The van der Waals surface area contributed by atoms with E-state index in [9.17, 15) is 9.50 Å². The number of hydrogen-bond donors (Lipinski definition) is 2. The molecule has 1 rings (SSSR count). The molecular formula is C11H16BrClFNO. The van der Waals surface area contributed by atoms with Crippen molar-refractivity contribution in [2.24, 2.45) is 11.7 Å². The molecule has 0 amide bonds. The summed E-state index contributed by atoms with van der Waals surface area (Å²) in [5.74, 6) is -0.314. The lowest BCUT2D eigenvalue weighted by atomic mass is 9.94. The van der Waals surface area contributed by atoms with Crippen LogP contribution < -0.4 is 5.73 Å². The van der Waals surface area contributed by atoms with Crippen LogP contribution in [0.4, 0.5) is 4.39 Å². The molecule has 5 heteroatoms. The van der Waals surface area contributed by atoms with E-state index in [2.05, 4.69) is 15.9 Å². The Balaban J connectivity index is 0.00000225. The molecule has 2 nitrogen and oxygen atoms in total. The number of hydrogen-bond acceptors (Lipinski definition) is 2. The summed E-state index contributed by atoms with van der Waals surface area (Å²) in [6.45, 7) is 3.75. The van der Waals surface area contributed by atoms with Gasteiger partial charge in [0.2, 0.25) is 0 Å². The van der Waals surface area contributed by atoms with Crippen molar-refractivity contribution in [1.82, 2.24) is 0 Å². The Morgan fingerprint density at radius 2 is 1.94 bits per heavy atom. The third-order valence-corrected chi connectivity index (χ3v) is 3.02. The van der Waals surface area contributed by atoms with E-state index in [0.717, 1.165) is 0 Å². The number of benzene rings is 1. The van der Waals surface area contributed by atoms with Crippen LogP contribution >= 0.6 is 28.3 Å². The molecule has 0 unspecified atom stereocenters. The SMILES string of the molecule is CC(C)[C@@H](O)[C@@H](N)c1ccc(Br)c(F)c1.Cl. The first-order valence-corrected chi connectivity index (χ1v) is 5.61.